The molecule has 0 saturated carbocycles. The summed E-state index contributed by atoms with van der Waals surface area (Å²) in [5.74, 6) is 0.510. The predicted molar refractivity (Wildman–Crippen MR) is 101 cm³/mol. The number of rotatable bonds is 3. The number of aromatic nitrogens is 2. The topological polar surface area (TPSA) is 82.1 Å². The lowest BCUT2D eigenvalue weighted by molar-refractivity contribution is 0.0658. The fourth-order valence-electron chi connectivity index (χ4n) is 3.28. The second-order valence-corrected chi connectivity index (χ2v) is 6.96. The molecule has 2 saturated heterocycles. The van der Waals surface area contributed by atoms with Crippen LogP contribution in [0.5, 0.6) is 0 Å². The first-order valence-corrected chi connectivity index (χ1v) is 9.48. The molecule has 2 fully saturated rings. The van der Waals surface area contributed by atoms with Crippen LogP contribution in [-0.2, 0) is 4.74 Å². The van der Waals surface area contributed by atoms with Crippen LogP contribution in [-0.4, -0.2) is 103 Å². The Morgan fingerprint density at radius 1 is 1.00 bits per heavy atom. The number of hydrogen-bond acceptors (Lipinski definition) is 7. The van der Waals surface area contributed by atoms with Gasteiger partial charge in [0.2, 0.25) is 5.95 Å². The van der Waals surface area contributed by atoms with E-state index in [1.54, 1.807) is 17.9 Å². The van der Waals surface area contributed by atoms with E-state index in [-0.39, 0.29) is 12.0 Å². The highest BCUT2D eigenvalue weighted by Gasteiger charge is 2.26. The van der Waals surface area contributed by atoms with E-state index < -0.39 is 0 Å². The van der Waals surface area contributed by atoms with Gasteiger partial charge in [0.25, 0.3) is 5.91 Å². The van der Waals surface area contributed by atoms with E-state index >= 15 is 0 Å². The molecule has 0 aliphatic carbocycles. The van der Waals surface area contributed by atoms with E-state index in [0.29, 0.717) is 57.5 Å². The first-order chi connectivity index (χ1) is 13.0. The van der Waals surface area contributed by atoms with Gasteiger partial charge in [0.05, 0.1) is 6.61 Å². The number of piperazine rings is 2. The Labute approximate surface area is 159 Å². The second kappa shape index (κ2) is 8.51. The number of carbonyl (C=O) groups excluding carboxylic acids is 2. The summed E-state index contributed by atoms with van der Waals surface area (Å²) in [6.45, 7) is 9.56. The van der Waals surface area contributed by atoms with E-state index in [1.165, 1.54) is 0 Å². The Balaban J connectivity index is 1.67. The molecule has 0 radical (unpaired) electrons. The molecule has 1 aromatic heterocycles. The highest BCUT2D eigenvalue weighted by Crippen LogP contribution is 2.15. The van der Waals surface area contributed by atoms with Crippen molar-refractivity contribution in [2.45, 2.75) is 13.8 Å². The van der Waals surface area contributed by atoms with E-state index in [1.807, 2.05) is 16.7 Å². The highest BCUT2D eigenvalue weighted by atomic mass is 16.6. The van der Waals surface area contributed by atoms with Crippen molar-refractivity contribution < 1.29 is 14.3 Å². The van der Waals surface area contributed by atoms with Gasteiger partial charge in [-0.15, -0.1) is 0 Å². The van der Waals surface area contributed by atoms with E-state index in [0.717, 1.165) is 18.8 Å². The Morgan fingerprint density at radius 3 is 2.26 bits per heavy atom. The van der Waals surface area contributed by atoms with Crippen molar-refractivity contribution in [1.82, 2.24) is 24.7 Å². The molecule has 0 aromatic carbocycles. The number of hydrogen-bond donors (Lipinski definition) is 0. The van der Waals surface area contributed by atoms with Gasteiger partial charge >= 0.3 is 6.09 Å². The van der Waals surface area contributed by atoms with Gasteiger partial charge in [0.15, 0.2) is 0 Å². The fraction of sp³-hybridized carbons (Fsp3) is 0.667. The Morgan fingerprint density at radius 2 is 1.63 bits per heavy atom. The third-order valence-corrected chi connectivity index (χ3v) is 4.94. The molecule has 0 unspecified atom stereocenters. The molecule has 3 heterocycles. The zero-order chi connectivity index (χ0) is 19.4. The zero-order valence-electron chi connectivity index (χ0n) is 16.3. The van der Waals surface area contributed by atoms with Crippen LogP contribution in [0.25, 0.3) is 0 Å². The quantitative estimate of drug-likeness (QED) is 0.757. The maximum atomic E-state index is 12.8. The number of amides is 2. The van der Waals surface area contributed by atoms with Crippen LogP contribution in [0.15, 0.2) is 6.07 Å². The van der Waals surface area contributed by atoms with E-state index in [9.17, 15) is 9.59 Å². The van der Waals surface area contributed by atoms with Gasteiger partial charge in [0, 0.05) is 58.1 Å². The molecule has 3 rings (SSSR count). The largest absolute Gasteiger partial charge is 0.450 e. The third-order valence-electron chi connectivity index (χ3n) is 4.94. The molecule has 0 bridgehead atoms. The average Bonchev–Trinajstić information content (AvgIpc) is 2.68. The van der Waals surface area contributed by atoms with Crippen LogP contribution in [0.1, 0.15) is 23.1 Å². The van der Waals surface area contributed by atoms with Crippen molar-refractivity contribution in [3.05, 3.63) is 17.5 Å². The summed E-state index contributed by atoms with van der Waals surface area (Å²) in [6.07, 6.45) is -0.284. The van der Waals surface area contributed by atoms with Crippen molar-refractivity contribution in [3.8, 4) is 0 Å². The summed E-state index contributed by atoms with van der Waals surface area (Å²) in [7, 11) is 2.06. The minimum absolute atomic E-state index is 0.0417. The van der Waals surface area contributed by atoms with Gasteiger partial charge in [-0.1, -0.05) is 0 Å². The highest BCUT2D eigenvalue weighted by molar-refractivity contribution is 5.92. The standard InChI is InChI=1S/C18H28N6O3/c1-4-27-18(26)24-11-9-23(10-12-24)17-19-14(2)13-15(20-17)16(25)22-7-5-21(3)6-8-22/h13H,4-12H2,1-3H3. The molecule has 2 amide bonds. The molecule has 1 aromatic rings. The van der Waals surface area contributed by atoms with Crippen molar-refractivity contribution in [1.29, 1.82) is 0 Å². The summed E-state index contributed by atoms with van der Waals surface area (Å²) in [5, 5.41) is 0. The van der Waals surface area contributed by atoms with E-state index in [2.05, 4.69) is 21.9 Å². The SMILES string of the molecule is CCOC(=O)N1CCN(c2nc(C)cc(C(=O)N3CCN(C)CC3)n2)CC1. The molecule has 0 N–H and O–H groups in total. The molecule has 2 aliphatic rings. The summed E-state index contributed by atoms with van der Waals surface area (Å²) in [5.41, 5.74) is 1.21. The Hall–Kier alpha value is -2.42. The van der Waals surface area contributed by atoms with Crippen molar-refractivity contribution in [2.75, 3.05) is 70.9 Å². The first kappa shape index (κ1) is 19.3. The monoisotopic (exact) mass is 376 g/mol. The molecular weight excluding hydrogens is 348 g/mol. The molecule has 148 valence electrons. The molecular formula is C18H28N6O3. The normalized spacial score (nSPS) is 18.6. The number of aryl methyl sites for hydroxylation is 1. The molecule has 27 heavy (non-hydrogen) atoms. The lowest BCUT2D eigenvalue weighted by atomic mass is 10.2. The minimum atomic E-state index is -0.284. The smallest absolute Gasteiger partial charge is 0.409 e. The van der Waals surface area contributed by atoms with Crippen LogP contribution < -0.4 is 4.90 Å². The number of anilines is 1. The molecule has 0 atom stereocenters. The van der Waals surface area contributed by atoms with Crippen LogP contribution in [0.4, 0.5) is 10.7 Å². The summed E-state index contributed by atoms with van der Waals surface area (Å²) >= 11 is 0. The van der Waals surface area contributed by atoms with Gasteiger partial charge in [-0.3, -0.25) is 4.79 Å². The van der Waals surface area contributed by atoms with Gasteiger partial charge in [-0.2, -0.15) is 0 Å². The Kier molecular flexibility index (Phi) is 6.10. The van der Waals surface area contributed by atoms with Gasteiger partial charge < -0.3 is 24.3 Å². The average molecular weight is 376 g/mol. The van der Waals surface area contributed by atoms with Crippen molar-refractivity contribution in [2.24, 2.45) is 0 Å². The summed E-state index contributed by atoms with van der Waals surface area (Å²) < 4.78 is 5.05. The third kappa shape index (κ3) is 4.65. The number of carbonyl (C=O) groups is 2. The predicted octanol–water partition coefficient (Wildman–Crippen LogP) is 0.451. The van der Waals surface area contributed by atoms with Crippen molar-refractivity contribution >= 4 is 17.9 Å². The maximum Gasteiger partial charge on any atom is 0.409 e. The fourth-order valence-corrected chi connectivity index (χ4v) is 3.28. The van der Waals surface area contributed by atoms with Crippen LogP contribution in [0.2, 0.25) is 0 Å². The van der Waals surface area contributed by atoms with Crippen LogP contribution in [0, 0.1) is 6.92 Å². The lowest BCUT2D eigenvalue weighted by Crippen LogP contribution is -2.49. The Bertz CT molecular complexity index is 682. The van der Waals surface area contributed by atoms with E-state index in [4.69, 9.17) is 4.74 Å². The summed E-state index contributed by atoms with van der Waals surface area (Å²) in [4.78, 5) is 41.5. The minimum Gasteiger partial charge on any atom is -0.450 e. The van der Waals surface area contributed by atoms with Gasteiger partial charge in [-0.25, -0.2) is 14.8 Å². The van der Waals surface area contributed by atoms with Crippen LogP contribution in [0.3, 0.4) is 0 Å². The second-order valence-electron chi connectivity index (χ2n) is 6.96. The maximum absolute atomic E-state index is 12.8. The lowest BCUT2D eigenvalue weighted by Gasteiger charge is -2.34. The molecule has 0 spiro atoms. The van der Waals surface area contributed by atoms with Crippen LogP contribution >= 0.6 is 0 Å². The van der Waals surface area contributed by atoms with Crippen molar-refractivity contribution in [3.63, 3.8) is 0 Å². The number of ether oxygens (including phenoxy) is 1. The zero-order valence-corrected chi connectivity index (χ0v) is 16.3. The molecule has 9 heteroatoms. The number of nitrogens with zero attached hydrogens (tertiary/aromatic N) is 6. The first-order valence-electron chi connectivity index (χ1n) is 9.48. The number of likely N-dealkylation sites (N-methyl/N-ethyl adjacent to an activating group) is 1. The van der Waals surface area contributed by atoms with Gasteiger partial charge in [-0.05, 0) is 27.0 Å². The summed E-state index contributed by atoms with van der Waals surface area (Å²) in [6, 6.07) is 1.75. The van der Waals surface area contributed by atoms with Gasteiger partial charge in [0.1, 0.15) is 5.69 Å². The molecule has 9 nitrogen and oxygen atoms in total. The molecule has 2 aliphatic heterocycles.